The van der Waals surface area contributed by atoms with Crippen molar-refractivity contribution >= 4 is 33.8 Å². The first kappa shape index (κ1) is 26.2. The molecule has 39 heavy (non-hydrogen) atoms. The molecule has 5 heterocycles. The number of carbonyl (C=O) groups is 1. The van der Waals surface area contributed by atoms with E-state index in [1.165, 1.54) is 14.0 Å². The molecule has 0 aromatic carbocycles. The van der Waals surface area contributed by atoms with Gasteiger partial charge >= 0.3 is 5.69 Å². The third-order valence-corrected chi connectivity index (χ3v) is 7.14. The van der Waals surface area contributed by atoms with Crippen LogP contribution >= 0.6 is 0 Å². The summed E-state index contributed by atoms with van der Waals surface area (Å²) in [6, 6.07) is 7.12. The summed E-state index contributed by atoms with van der Waals surface area (Å²) < 4.78 is 4.33. The van der Waals surface area contributed by atoms with E-state index in [1.807, 2.05) is 17.0 Å². The van der Waals surface area contributed by atoms with E-state index in [1.54, 1.807) is 51.0 Å². The molecule has 4 aromatic heterocycles. The minimum Gasteiger partial charge on any atom is -0.356 e. The molecule has 11 nitrogen and oxygen atoms in total. The lowest BCUT2D eigenvalue weighted by Crippen LogP contribution is -2.44. The lowest BCUT2D eigenvalue weighted by Gasteiger charge is -2.34. The van der Waals surface area contributed by atoms with Crippen molar-refractivity contribution in [2.24, 2.45) is 12.8 Å². The molecule has 0 saturated carbocycles. The maximum atomic E-state index is 14.1. The number of nitrogens with two attached hydrogens (primary N) is 1. The Morgan fingerprint density at radius 1 is 1.15 bits per heavy atom. The van der Waals surface area contributed by atoms with E-state index in [0.29, 0.717) is 41.2 Å². The predicted octanol–water partition coefficient (Wildman–Crippen LogP) is 1.15. The molecule has 202 valence electrons. The Balaban J connectivity index is 1.81. The molecular weight excluding hydrogens is 496 g/mol. The minimum atomic E-state index is -0.533. The van der Waals surface area contributed by atoms with Crippen molar-refractivity contribution in [3.8, 4) is 11.8 Å². The number of fused-ring (bicyclic) bond motifs is 2. The van der Waals surface area contributed by atoms with Crippen molar-refractivity contribution in [2.45, 2.75) is 38.9 Å². The van der Waals surface area contributed by atoms with Crippen molar-refractivity contribution in [3.05, 3.63) is 62.6 Å². The zero-order valence-corrected chi connectivity index (χ0v) is 22.6. The lowest BCUT2D eigenvalue weighted by molar-refractivity contribution is 0.0829. The Labute approximate surface area is 225 Å². The number of hydrogen-bond acceptors (Lipinski definition) is 7. The molecule has 1 aliphatic heterocycles. The van der Waals surface area contributed by atoms with E-state index >= 15 is 0 Å². The summed E-state index contributed by atoms with van der Waals surface area (Å²) in [5, 5.41) is 0. The van der Waals surface area contributed by atoms with Crippen LogP contribution in [0.1, 0.15) is 35.8 Å². The number of aryl methyl sites for hydroxylation is 1. The summed E-state index contributed by atoms with van der Waals surface area (Å²) >= 11 is 0. The standard InChI is InChI=1S/C28H32N8O3/c1-5-6-15-35-24-23(22(26(37)32(2)3)25(35)34-14-8-9-18(29)16-34)33(4)28(39)36(27(24)38)17-19-11-12-20-21(31-19)10-7-13-30-20/h7,10-13,18H,8-9,14-17,29H2,1-4H3/t18-/m1/s1. The fraction of sp³-hybridized carbons (Fsp3) is 0.393. The number of amides is 1. The maximum absolute atomic E-state index is 14.1. The molecule has 1 saturated heterocycles. The third kappa shape index (κ3) is 4.57. The SMILES string of the molecule is CC#CCn1c(N2CCC[C@@H](N)C2)c(C(=O)N(C)C)c2c1c(=O)n(Cc1ccc3ncccc3n1)c(=O)n2C. The molecule has 1 atom stereocenters. The van der Waals surface area contributed by atoms with Gasteiger partial charge in [0.25, 0.3) is 11.5 Å². The van der Waals surface area contributed by atoms with Gasteiger partial charge < -0.3 is 20.1 Å². The second-order valence-electron chi connectivity index (χ2n) is 10.0. The van der Waals surface area contributed by atoms with Crippen molar-refractivity contribution in [3.63, 3.8) is 0 Å². The van der Waals surface area contributed by atoms with Gasteiger partial charge in [-0.25, -0.2) is 9.78 Å². The Morgan fingerprint density at radius 2 is 1.95 bits per heavy atom. The number of hydrogen-bond donors (Lipinski definition) is 1. The monoisotopic (exact) mass is 528 g/mol. The van der Waals surface area contributed by atoms with Crippen LogP contribution in [0.2, 0.25) is 0 Å². The predicted molar refractivity (Wildman–Crippen MR) is 151 cm³/mol. The largest absolute Gasteiger partial charge is 0.356 e. The molecule has 0 unspecified atom stereocenters. The molecule has 0 radical (unpaired) electrons. The summed E-state index contributed by atoms with van der Waals surface area (Å²) in [5.74, 6) is 6.22. The highest BCUT2D eigenvalue weighted by Crippen LogP contribution is 2.33. The number of piperidine rings is 1. The highest BCUT2D eigenvalue weighted by atomic mass is 16.2. The molecule has 1 amide bonds. The molecule has 2 N–H and O–H groups in total. The highest BCUT2D eigenvalue weighted by molar-refractivity contribution is 6.10. The summed E-state index contributed by atoms with van der Waals surface area (Å²) in [4.78, 5) is 53.9. The molecule has 1 aliphatic rings. The Kier molecular flexibility index (Phi) is 6.97. The molecule has 11 heteroatoms. The van der Waals surface area contributed by atoms with Gasteiger partial charge in [0.05, 0.1) is 35.3 Å². The zero-order chi connectivity index (χ0) is 27.8. The van der Waals surface area contributed by atoms with Gasteiger partial charge in [-0.05, 0) is 44.0 Å². The smallest absolute Gasteiger partial charge is 0.331 e. The minimum absolute atomic E-state index is 0.0300. The van der Waals surface area contributed by atoms with Gasteiger partial charge in [0.15, 0.2) is 0 Å². The first-order valence-corrected chi connectivity index (χ1v) is 12.9. The van der Waals surface area contributed by atoms with Crippen molar-refractivity contribution in [1.29, 1.82) is 0 Å². The molecule has 0 spiro atoms. The Hall–Kier alpha value is -4.43. The average Bonchev–Trinajstić information content (AvgIpc) is 3.27. The topological polar surface area (TPSA) is 124 Å². The zero-order valence-electron chi connectivity index (χ0n) is 22.6. The van der Waals surface area contributed by atoms with Crippen LogP contribution in [0.3, 0.4) is 0 Å². The van der Waals surface area contributed by atoms with Gasteiger partial charge in [0.1, 0.15) is 16.9 Å². The highest BCUT2D eigenvalue weighted by Gasteiger charge is 2.33. The number of nitrogens with zero attached hydrogens (tertiary/aromatic N) is 7. The summed E-state index contributed by atoms with van der Waals surface area (Å²) in [6.07, 6.45) is 3.41. The van der Waals surface area contributed by atoms with Gasteiger partial charge in [-0.2, -0.15) is 0 Å². The molecule has 4 aromatic rings. The summed E-state index contributed by atoms with van der Waals surface area (Å²) in [6.45, 7) is 3.08. The van der Waals surface area contributed by atoms with Crippen molar-refractivity contribution in [1.82, 2.24) is 28.6 Å². The molecule has 0 aliphatic carbocycles. The van der Waals surface area contributed by atoms with Crippen LogP contribution < -0.4 is 21.9 Å². The lowest BCUT2D eigenvalue weighted by atomic mass is 10.1. The number of pyridine rings is 2. The van der Waals surface area contributed by atoms with Crippen molar-refractivity contribution in [2.75, 3.05) is 32.1 Å². The van der Waals surface area contributed by atoms with E-state index < -0.39 is 11.2 Å². The van der Waals surface area contributed by atoms with Crippen LogP contribution in [0.4, 0.5) is 5.82 Å². The Morgan fingerprint density at radius 3 is 2.67 bits per heavy atom. The van der Waals surface area contributed by atoms with Crippen LogP contribution in [0, 0.1) is 11.8 Å². The first-order valence-electron chi connectivity index (χ1n) is 12.9. The van der Waals surface area contributed by atoms with Crippen LogP contribution in [-0.2, 0) is 20.1 Å². The summed E-state index contributed by atoms with van der Waals surface area (Å²) in [7, 11) is 4.90. The van der Waals surface area contributed by atoms with Gasteiger partial charge in [-0.3, -0.25) is 23.7 Å². The van der Waals surface area contributed by atoms with E-state index in [4.69, 9.17) is 5.73 Å². The maximum Gasteiger partial charge on any atom is 0.331 e. The van der Waals surface area contributed by atoms with E-state index in [-0.39, 0.29) is 30.6 Å². The normalized spacial score (nSPS) is 15.4. The number of aromatic nitrogens is 5. The van der Waals surface area contributed by atoms with E-state index in [0.717, 1.165) is 18.4 Å². The fourth-order valence-corrected chi connectivity index (χ4v) is 5.28. The second-order valence-corrected chi connectivity index (χ2v) is 10.0. The third-order valence-electron chi connectivity index (χ3n) is 7.14. The average molecular weight is 529 g/mol. The molecular formula is C28H32N8O3. The summed E-state index contributed by atoms with van der Waals surface area (Å²) in [5.41, 5.74) is 8.08. The van der Waals surface area contributed by atoms with Gasteiger partial charge in [0.2, 0.25) is 0 Å². The molecule has 0 bridgehead atoms. The second kappa shape index (κ2) is 10.4. The Bertz CT molecular complexity index is 1770. The number of rotatable bonds is 5. The van der Waals surface area contributed by atoms with Crippen molar-refractivity contribution < 1.29 is 4.79 Å². The fourth-order valence-electron chi connectivity index (χ4n) is 5.28. The van der Waals surface area contributed by atoms with E-state index in [2.05, 4.69) is 21.8 Å². The van der Waals surface area contributed by atoms with E-state index in [9.17, 15) is 14.4 Å². The number of anilines is 1. The van der Waals surface area contributed by atoms with Gasteiger partial charge in [0, 0.05) is 46.5 Å². The number of carbonyl (C=O) groups excluding carboxylic acids is 1. The van der Waals surface area contributed by atoms with Crippen LogP contribution in [0.15, 0.2) is 40.1 Å². The molecule has 1 fully saturated rings. The first-order chi connectivity index (χ1) is 18.7. The van der Waals surface area contributed by atoms with Gasteiger partial charge in [-0.15, -0.1) is 5.92 Å². The molecule has 5 rings (SSSR count). The quantitative estimate of drug-likeness (QED) is 0.385. The van der Waals surface area contributed by atoms with Gasteiger partial charge in [-0.1, -0.05) is 5.92 Å². The van der Waals surface area contributed by atoms with Crippen LogP contribution in [0.5, 0.6) is 0 Å². The van der Waals surface area contributed by atoms with Crippen LogP contribution in [0.25, 0.3) is 22.1 Å². The van der Waals surface area contributed by atoms with Crippen LogP contribution in [-0.4, -0.2) is 67.7 Å².